The molecule has 0 saturated carbocycles. The molecule has 2 N–H and O–H groups in total. The number of nitrogens with zero attached hydrogens (tertiary/aromatic N) is 3. The maximum absolute atomic E-state index is 5.51. The van der Waals surface area contributed by atoms with Crippen LogP contribution in [0.2, 0.25) is 0 Å². The van der Waals surface area contributed by atoms with Crippen LogP contribution in [0.1, 0.15) is 43.0 Å². The van der Waals surface area contributed by atoms with Gasteiger partial charge in [0, 0.05) is 19.7 Å². The number of aliphatic imine (C=N–C) groups is 1. The van der Waals surface area contributed by atoms with E-state index in [1.165, 1.54) is 0 Å². The molecule has 0 saturated heterocycles. The Morgan fingerprint density at radius 1 is 1.33 bits per heavy atom. The highest BCUT2D eigenvalue weighted by Gasteiger charge is 2.17. The number of furan rings is 1. The molecule has 1 unspecified atom stereocenters. The number of guanidine groups is 1. The van der Waals surface area contributed by atoms with Gasteiger partial charge in [-0.3, -0.25) is 9.89 Å². The maximum Gasteiger partial charge on any atom is 0.191 e. The zero-order chi connectivity index (χ0) is 17.5. The fourth-order valence-corrected chi connectivity index (χ4v) is 2.29. The molecule has 2 heterocycles. The van der Waals surface area contributed by atoms with Crippen LogP contribution in [0.15, 0.2) is 38.4 Å². The Bertz CT molecular complexity index is 631. The van der Waals surface area contributed by atoms with Gasteiger partial charge in [-0.2, -0.15) is 0 Å². The Balaban J connectivity index is 1.87. The van der Waals surface area contributed by atoms with Crippen LogP contribution in [-0.2, 0) is 6.54 Å². The fourth-order valence-electron chi connectivity index (χ4n) is 2.29. The summed E-state index contributed by atoms with van der Waals surface area (Å²) < 4.78 is 10.8. The van der Waals surface area contributed by atoms with Gasteiger partial charge in [-0.15, -0.1) is 0 Å². The molecule has 0 aromatic carbocycles. The van der Waals surface area contributed by atoms with Crippen LogP contribution in [0.5, 0.6) is 0 Å². The number of aromatic nitrogens is 1. The van der Waals surface area contributed by atoms with Crippen LogP contribution in [0, 0.1) is 0 Å². The van der Waals surface area contributed by atoms with Gasteiger partial charge in [-0.05, 0) is 32.1 Å². The summed E-state index contributed by atoms with van der Waals surface area (Å²) >= 11 is 0. The van der Waals surface area contributed by atoms with Crippen LogP contribution >= 0.6 is 0 Å². The smallest absolute Gasteiger partial charge is 0.191 e. The first kappa shape index (κ1) is 18.1. The lowest BCUT2D eigenvalue weighted by Crippen LogP contribution is -2.41. The van der Waals surface area contributed by atoms with Crippen LogP contribution in [0.3, 0.4) is 0 Å². The van der Waals surface area contributed by atoms with Crippen LogP contribution < -0.4 is 10.6 Å². The van der Waals surface area contributed by atoms with Gasteiger partial charge in [-0.1, -0.05) is 19.0 Å². The second-order valence-corrected chi connectivity index (χ2v) is 6.17. The predicted molar refractivity (Wildman–Crippen MR) is 93.9 cm³/mol. The standard InChI is InChI=1S/C17H27N5O2/c1-12(2)14-9-13(24-21-14)10-19-17(18-3)20-11-15(22(4)5)16-7-6-8-23-16/h6-9,12,15H,10-11H2,1-5H3,(H2,18,19,20). The highest BCUT2D eigenvalue weighted by molar-refractivity contribution is 5.79. The van der Waals surface area contributed by atoms with Crippen molar-refractivity contribution in [3.63, 3.8) is 0 Å². The average molecular weight is 333 g/mol. The summed E-state index contributed by atoms with van der Waals surface area (Å²) in [6, 6.07) is 5.96. The van der Waals surface area contributed by atoms with E-state index in [1.54, 1.807) is 13.3 Å². The second-order valence-electron chi connectivity index (χ2n) is 6.17. The highest BCUT2D eigenvalue weighted by atomic mass is 16.5. The number of hydrogen-bond acceptors (Lipinski definition) is 5. The zero-order valence-corrected chi connectivity index (χ0v) is 15.0. The van der Waals surface area contributed by atoms with E-state index in [9.17, 15) is 0 Å². The predicted octanol–water partition coefficient (Wildman–Crippen LogP) is 2.36. The van der Waals surface area contributed by atoms with E-state index in [1.807, 2.05) is 32.3 Å². The molecule has 24 heavy (non-hydrogen) atoms. The monoisotopic (exact) mass is 333 g/mol. The lowest BCUT2D eigenvalue weighted by atomic mass is 10.1. The lowest BCUT2D eigenvalue weighted by molar-refractivity contribution is 0.258. The number of likely N-dealkylation sites (N-methyl/N-ethyl adjacent to an activating group) is 1. The summed E-state index contributed by atoms with van der Waals surface area (Å²) in [6.07, 6.45) is 1.69. The summed E-state index contributed by atoms with van der Waals surface area (Å²) in [5.41, 5.74) is 0.959. The first-order chi connectivity index (χ1) is 11.5. The van der Waals surface area contributed by atoms with Crippen LogP contribution in [-0.4, -0.2) is 43.7 Å². The molecule has 0 fully saturated rings. The van der Waals surface area contributed by atoms with Crippen molar-refractivity contribution in [2.24, 2.45) is 4.99 Å². The van der Waals surface area contributed by atoms with E-state index in [-0.39, 0.29) is 6.04 Å². The minimum atomic E-state index is 0.122. The quantitative estimate of drug-likeness (QED) is 0.598. The Labute approximate surface area is 143 Å². The third-order valence-corrected chi connectivity index (χ3v) is 3.78. The summed E-state index contributed by atoms with van der Waals surface area (Å²) in [4.78, 5) is 6.34. The molecule has 0 spiro atoms. The van der Waals surface area contributed by atoms with Crippen molar-refractivity contribution in [2.75, 3.05) is 27.7 Å². The fraction of sp³-hybridized carbons (Fsp3) is 0.529. The first-order valence-corrected chi connectivity index (χ1v) is 8.11. The van der Waals surface area contributed by atoms with Gasteiger partial charge in [0.25, 0.3) is 0 Å². The molecule has 2 rings (SSSR count). The highest BCUT2D eigenvalue weighted by Crippen LogP contribution is 2.17. The minimum Gasteiger partial charge on any atom is -0.468 e. The van der Waals surface area contributed by atoms with Gasteiger partial charge in [0.1, 0.15) is 5.76 Å². The molecule has 2 aromatic heterocycles. The molecule has 7 nitrogen and oxygen atoms in total. The SMILES string of the molecule is CN=C(NCc1cc(C(C)C)no1)NCC(c1ccco1)N(C)C. The Hall–Kier alpha value is -2.28. The maximum atomic E-state index is 5.51. The van der Waals surface area contributed by atoms with Gasteiger partial charge in [-0.25, -0.2) is 0 Å². The molecule has 2 aromatic rings. The molecule has 7 heteroatoms. The van der Waals surface area contributed by atoms with E-state index in [0.29, 0.717) is 25.0 Å². The van der Waals surface area contributed by atoms with Crippen molar-refractivity contribution in [3.05, 3.63) is 41.7 Å². The zero-order valence-electron chi connectivity index (χ0n) is 15.0. The van der Waals surface area contributed by atoms with Crippen molar-refractivity contribution < 1.29 is 8.94 Å². The normalized spacial score (nSPS) is 13.5. The summed E-state index contributed by atoms with van der Waals surface area (Å²) in [5.74, 6) is 2.77. The Morgan fingerprint density at radius 3 is 2.67 bits per heavy atom. The molecular weight excluding hydrogens is 306 g/mol. The van der Waals surface area contributed by atoms with Crippen molar-refractivity contribution in [1.82, 2.24) is 20.7 Å². The van der Waals surface area contributed by atoms with E-state index >= 15 is 0 Å². The largest absolute Gasteiger partial charge is 0.468 e. The van der Waals surface area contributed by atoms with E-state index < -0.39 is 0 Å². The van der Waals surface area contributed by atoms with Crippen LogP contribution in [0.25, 0.3) is 0 Å². The molecule has 1 atom stereocenters. The topological polar surface area (TPSA) is 78.8 Å². The summed E-state index contributed by atoms with van der Waals surface area (Å²) in [7, 11) is 5.78. The van der Waals surface area contributed by atoms with Crippen LogP contribution in [0.4, 0.5) is 0 Å². The van der Waals surface area contributed by atoms with Crippen molar-refractivity contribution in [1.29, 1.82) is 0 Å². The van der Waals surface area contributed by atoms with Crippen molar-refractivity contribution >= 4 is 5.96 Å². The minimum absolute atomic E-state index is 0.122. The second kappa shape index (κ2) is 8.54. The number of rotatable bonds is 7. The van der Waals surface area contributed by atoms with Crippen molar-refractivity contribution in [3.8, 4) is 0 Å². The molecule has 132 valence electrons. The molecular formula is C17H27N5O2. The molecule has 0 aliphatic heterocycles. The third kappa shape index (κ3) is 4.86. The van der Waals surface area contributed by atoms with E-state index in [0.717, 1.165) is 17.2 Å². The molecule has 0 aliphatic carbocycles. The molecule has 0 amide bonds. The average Bonchev–Trinajstić information content (AvgIpc) is 3.21. The summed E-state index contributed by atoms with van der Waals surface area (Å²) in [5, 5.41) is 10.6. The summed E-state index contributed by atoms with van der Waals surface area (Å²) in [6.45, 7) is 5.39. The van der Waals surface area contributed by atoms with Gasteiger partial charge in [0.05, 0.1) is 24.5 Å². The molecule has 0 bridgehead atoms. The van der Waals surface area contributed by atoms with Gasteiger partial charge in [0.2, 0.25) is 0 Å². The molecule has 0 radical (unpaired) electrons. The van der Waals surface area contributed by atoms with E-state index in [4.69, 9.17) is 8.94 Å². The Kier molecular flexibility index (Phi) is 6.43. The third-order valence-electron chi connectivity index (χ3n) is 3.78. The van der Waals surface area contributed by atoms with Gasteiger partial charge >= 0.3 is 0 Å². The van der Waals surface area contributed by atoms with Gasteiger partial charge in [0.15, 0.2) is 11.7 Å². The van der Waals surface area contributed by atoms with Gasteiger partial charge < -0.3 is 19.6 Å². The molecule has 0 aliphatic rings. The van der Waals surface area contributed by atoms with Crippen molar-refractivity contribution in [2.45, 2.75) is 32.4 Å². The lowest BCUT2D eigenvalue weighted by Gasteiger charge is -2.23. The number of hydrogen-bond donors (Lipinski definition) is 2. The number of nitrogens with one attached hydrogen (secondary N) is 2. The first-order valence-electron chi connectivity index (χ1n) is 8.11. The Morgan fingerprint density at radius 2 is 2.12 bits per heavy atom. The van der Waals surface area contributed by atoms with E-state index in [2.05, 4.69) is 39.5 Å².